The Kier molecular flexibility index (Phi) is 4.72. The van der Waals surface area contributed by atoms with Crippen molar-refractivity contribution >= 4 is 21.8 Å². The standard InChI is InChI=1S/C24H16N2.Cu/c1-3-7-17(8-4-1)21-13-19-11-12-20-14-22(18-9-5-2-6-10-18)16-26-24(20)23(19)25-15-21;/h1-16H;. The van der Waals surface area contributed by atoms with Crippen LogP contribution in [0.4, 0.5) is 0 Å². The summed E-state index contributed by atoms with van der Waals surface area (Å²) >= 11 is 0. The summed E-state index contributed by atoms with van der Waals surface area (Å²) in [6.07, 6.45) is 3.87. The molecule has 0 fully saturated rings. The van der Waals surface area contributed by atoms with Crippen molar-refractivity contribution in [3.8, 4) is 22.3 Å². The maximum Gasteiger partial charge on any atom is 0.0965 e. The third-order valence-corrected chi connectivity index (χ3v) is 4.72. The fourth-order valence-corrected chi connectivity index (χ4v) is 3.37. The zero-order chi connectivity index (χ0) is 17.3. The van der Waals surface area contributed by atoms with Crippen LogP contribution in [-0.4, -0.2) is 9.97 Å². The molecule has 27 heavy (non-hydrogen) atoms. The van der Waals surface area contributed by atoms with Gasteiger partial charge in [0.05, 0.1) is 11.0 Å². The van der Waals surface area contributed by atoms with Crippen molar-refractivity contribution in [1.82, 2.24) is 9.97 Å². The topological polar surface area (TPSA) is 25.8 Å². The van der Waals surface area contributed by atoms with Gasteiger partial charge in [-0.15, -0.1) is 0 Å². The largest absolute Gasteiger partial charge is 0.253 e. The first kappa shape index (κ1) is 17.4. The Balaban J connectivity index is 0.00000180. The predicted octanol–water partition coefficient (Wildman–Crippen LogP) is 6.11. The van der Waals surface area contributed by atoms with E-state index in [0.717, 1.165) is 32.9 Å². The molecule has 0 saturated carbocycles. The molecule has 0 N–H and O–H groups in total. The molecule has 2 aromatic heterocycles. The van der Waals surface area contributed by atoms with Crippen LogP contribution in [0.1, 0.15) is 0 Å². The summed E-state index contributed by atoms with van der Waals surface area (Å²) in [6, 6.07) is 29.3. The first-order chi connectivity index (χ1) is 12.9. The second-order valence-electron chi connectivity index (χ2n) is 6.39. The van der Waals surface area contributed by atoms with E-state index in [1.54, 1.807) is 0 Å². The molecule has 5 aromatic rings. The number of aromatic nitrogens is 2. The van der Waals surface area contributed by atoms with Gasteiger partial charge in [-0.25, -0.2) is 0 Å². The average molecular weight is 396 g/mol. The number of benzene rings is 3. The molecule has 0 unspecified atom stereocenters. The van der Waals surface area contributed by atoms with Crippen molar-refractivity contribution in [2.45, 2.75) is 0 Å². The number of pyridine rings is 2. The monoisotopic (exact) mass is 395 g/mol. The van der Waals surface area contributed by atoms with Crippen LogP contribution in [0.5, 0.6) is 0 Å². The molecule has 0 aliphatic heterocycles. The van der Waals surface area contributed by atoms with E-state index in [2.05, 4.69) is 48.5 Å². The second-order valence-corrected chi connectivity index (χ2v) is 6.39. The van der Waals surface area contributed by atoms with Crippen molar-refractivity contribution < 1.29 is 17.1 Å². The number of nitrogens with zero attached hydrogens (tertiary/aromatic N) is 2. The maximum atomic E-state index is 4.73. The third-order valence-electron chi connectivity index (χ3n) is 4.72. The van der Waals surface area contributed by atoms with Gasteiger partial charge in [-0.05, 0) is 23.3 Å². The van der Waals surface area contributed by atoms with E-state index in [1.165, 1.54) is 11.1 Å². The third kappa shape index (κ3) is 3.23. The molecule has 2 nitrogen and oxygen atoms in total. The van der Waals surface area contributed by atoms with Gasteiger partial charge in [0.1, 0.15) is 0 Å². The molecular weight excluding hydrogens is 380 g/mol. The van der Waals surface area contributed by atoms with E-state index in [4.69, 9.17) is 9.97 Å². The Hall–Kier alpha value is -3.00. The fourth-order valence-electron chi connectivity index (χ4n) is 3.37. The molecule has 0 bridgehead atoms. The average Bonchev–Trinajstić information content (AvgIpc) is 2.74. The first-order valence-electron chi connectivity index (χ1n) is 8.68. The Labute approximate surface area is 168 Å². The number of rotatable bonds is 2. The van der Waals surface area contributed by atoms with Crippen LogP contribution < -0.4 is 0 Å². The van der Waals surface area contributed by atoms with Gasteiger partial charge in [0.15, 0.2) is 0 Å². The summed E-state index contributed by atoms with van der Waals surface area (Å²) < 4.78 is 0. The molecule has 0 amide bonds. The van der Waals surface area contributed by atoms with Gasteiger partial charge in [0.2, 0.25) is 0 Å². The molecule has 1 radical (unpaired) electrons. The minimum atomic E-state index is 0. The molecular formula is C24H16CuN2. The van der Waals surface area contributed by atoms with Crippen molar-refractivity contribution in [3.63, 3.8) is 0 Å². The molecule has 5 rings (SSSR count). The number of fused-ring (bicyclic) bond motifs is 3. The van der Waals surface area contributed by atoms with Crippen molar-refractivity contribution in [2.24, 2.45) is 0 Å². The Bertz CT molecular complexity index is 1120. The van der Waals surface area contributed by atoms with Gasteiger partial charge >= 0.3 is 0 Å². The van der Waals surface area contributed by atoms with Crippen LogP contribution in [0.25, 0.3) is 44.1 Å². The fraction of sp³-hybridized carbons (Fsp3) is 0. The molecule has 133 valence electrons. The second kappa shape index (κ2) is 7.32. The summed E-state index contributed by atoms with van der Waals surface area (Å²) in [5.74, 6) is 0. The predicted molar refractivity (Wildman–Crippen MR) is 108 cm³/mol. The van der Waals surface area contributed by atoms with Gasteiger partial charge in [-0.2, -0.15) is 0 Å². The van der Waals surface area contributed by atoms with Crippen molar-refractivity contribution in [3.05, 3.63) is 97.3 Å². The van der Waals surface area contributed by atoms with Gasteiger partial charge < -0.3 is 0 Å². The minimum absolute atomic E-state index is 0. The van der Waals surface area contributed by atoms with Gasteiger partial charge in [0.25, 0.3) is 0 Å². The van der Waals surface area contributed by atoms with E-state index in [0.29, 0.717) is 0 Å². The summed E-state index contributed by atoms with van der Waals surface area (Å²) in [4.78, 5) is 9.45. The summed E-state index contributed by atoms with van der Waals surface area (Å²) in [5.41, 5.74) is 6.49. The van der Waals surface area contributed by atoms with Crippen LogP contribution in [0, 0.1) is 0 Å². The van der Waals surface area contributed by atoms with Gasteiger partial charge in [0, 0.05) is 51.4 Å². The molecule has 2 heterocycles. The molecule has 0 aliphatic carbocycles. The van der Waals surface area contributed by atoms with Gasteiger partial charge in [-0.3, -0.25) is 9.97 Å². The molecule has 3 heteroatoms. The summed E-state index contributed by atoms with van der Waals surface area (Å²) in [5, 5.41) is 2.22. The van der Waals surface area contributed by atoms with Crippen LogP contribution in [0.15, 0.2) is 97.3 Å². The minimum Gasteiger partial charge on any atom is -0.253 e. The number of hydrogen-bond acceptors (Lipinski definition) is 2. The summed E-state index contributed by atoms with van der Waals surface area (Å²) in [7, 11) is 0. The zero-order valence-corrected chi connectivity index (χ0v) is 15.4. The van der Waals surface area contributed by atoms with E-state index in [9.17, 15) is 0 Å². The Morgan fingerprint density at radius 2 is 0.852 bits per heavy atom. The Morgan fingerprint density at radius 1 is 0.444 bits per heavy atom. The summed E-state index contributed by atoms with van der Waals surface area (Å²) in [6.45, 7) is 0. The van der Waals surface area contributed by atoms with E-state index >= 15 is 0 Å². The SMILES string of the molecule is [Cu].c1ccc(-c2cnc3c(ccc4cc(-c5ccccc5)cnc43)c2)cc1. The molecule has 0 aliphatic rings. The normalized spacial score (nSPS) is 10.7. The van der Waals surface area contributed by atoms with E-state index in [1.807, 2.05) is 48.8 Å². The molecule has 0 atom stereocenters. The number of hydrogen-bond donors (Lipinski definition) is 0. The van der Waals surface area contributed by atoms with Crippen LogP contribution in [0.3, 0.4) is 0 Å². The quantitative estimate of drug-likeness (QED) is 0.266. The maximum absolute atomic E-state index is 4.73. The van der Waals surface area contributed by atoms with Crippen molar-refractivity contribution in [1.29, 1.82) is 0 Å². The molecule has 0 spiro atoms. The Morgan fingerprint density at radius 3 is 1.26 bits per heavy atom. The zero-order valence-electron chi connectivity index (χ0n) is 14.4. The van der Waals surface area contributed by atoms with Crippen LogP contribution in [-0.2, 0) is 17.1 Å². The molecule has 0 saturated heterocycles. The van der Waals surface area contributed by atoms with Crippen molar-refractivity contribution in [2.75, 3.05) is 0 Å². The van der Waals surface area contributed by atoms with Gasteiger partial charge in [-0.1, -0.05) is 72.8 Å². The smallest absolute Gasteiger partial charge is 0.0965 e. The van der Waals surface area contributed by atoms with Crippen LogP contribution in [0.2, 0.25) is 0 Å². The van der Waals surface area contributed by atoms with E-state index in [-0.39, 0.29) is 17.1 Å². The molecule has 3 aromatic carbocycles. The first-order valence-corrected chi connectivity index (χ1v) is 8.68. The van der Waals surface area contributed by atoms with E-state index < -0.39 is 0 Å². The van der Waals surface area contributed by atoms with Crippen LogP contribution >= 0.6 is 0 Å².